The highest BCUT2D eigenvalue weighted by Crippen LogP contribution is 2.23. The Morgan fingerprint density at radius 2 is 2.05 bits per heavy atom. The molecule has 0 aliphatic carbocycles. The molecular formula is C15H20N2OS. The standard InChI is InChI=1S/C15H20N2OS/c1-11(16)9-15-17-14(10-19-15)13-5-3-12(4-6-13)7-8-18-2/h3-6,10-11H,7-9,16H2,1-2H3. The molecule has 0 saturated heterocycles. The fourth-order valence-corrected chi connectivity index (χ4v) is 2.82. The van der Waals surface area contributed by atoms with Gasteiger partial charge < -0.3 is 10.5 Å². The third-order valence-corrected chi connectivity index (χ3v) is 3.76. The van der Waals surface area contributed by atoms with Crippen LogP contribution in [0.5, 0.6) is 0 Å². The summed E-state index contributed by atoms with van der Waals surface area (Å²) in [4.78, 5) is 4.63. The van der Waals surface area contributed by atoms with Gasteiger partial charge in [0.05, 0.1) is 17.3 Å². The number of hydrogen-bond acceptors (Lipinski definition) is 4. The molecule has 0 fully saturated rings. The molecule has 1 unspecified atom stereocenters. The van der Waals surface area contributed by atoms with Crippen molar-refractivity contribution in [3.05, 3.63) is 40.2 Å². The van der Waals surface area contributed by atoms with Crippen LogP contribution in [0.2, 0.25) is 0 Å². The third kappa shape index (κ3) is 4.13. The molecule has 0 aliphatic rings. The molecule has 0 radical (unpaired) electrons. The van der Waals surface area contributed by atoms with E-state index in [9.17, 15) is 0 Å². The summed E-state index contributed by atoms with van der Waals surface area (Å²) in [7, 11) is 1.73. The summed E-state index contributed by atoms with van der Waals surface area (Å²) in [5.74, 6) is 0. The topological polar surface area (TPSA) is 48.1 Å². The summed E-state index contributed by atoms with van der Waals surface area (Å²) in [5.41, 5.74) is 9.28. The van der Waals surface area contributed by atoms with E-state index in [1.807, 2.05) is 6.92 Å². The molecule has 1 aromatic carbocycles. The van der Waals surface area contributed by atoms with Crippen molar-refractivity contribution in [3.8, 4) is 11.3 Å². The van der Waals surface area contributed by atoms with Crippen LogP contribution in [-0.2, 0) is 17.6 Å². The Hall–Kier alpha value is -1.23. The van der Waals surface area contributed by atoms with Gasteiger partial charge in [0, 0.05) is 30.5 Å². The SMILES string of the molecule is COCCc1ccc(-c2csc(CC(C)N)n2)cc1. The zero-order chi connectivity index (χ0) is 13.7. The first-order chi connectivity index (χ1) is 9.19. The molecule has 1 atom stereocenters. The van der Waals surface area contributed by atoms with Gasteiger partial charge in [0.2, 0.25) is 0 Å². The maximum absolute atomic E-state index is 5.79. The minimum absolute atomic E-state index is 0.162. The van der Waals surface area contributed by atoms with Gasteiger partial charge in [-0.1, -0.05) is 24.3 Å². The number of methoxy groups -OCH3 is 1. The predicted octanol–water partition coefficient (Wildman–Crippen LogP) is 2.89. The largest absolute Gasteiger partial charge is 0.384 e. The Balaban J connectivity index is 2.07. The lowest BCUT2D eigenvalue weighted by Crippen LogP contribution is -2.17. The minimum atomic E-state index is 0.162. The maximum Gasteiger partial charge on any atom is 0.0947 e. The molecule has 1 heterocycles. The van der Waals surface area contributed by atoms with Gasteiger partial charge in [-0.15, -0.1) is 11.3 Å². The summed E-state index contributed by atoms with van der Waals surface area (Å²) in [5, 5.41) is 3.20. The second kappa shape index (κ2) is 6.80. The van der Waals surface area contributed by atoms with Gasteiger partial charge in [-0.25, -0.2) is 4.98 Å². The molecule has 0 bridgehead atoms. The monoisotopic (exact) mass is 276 g/mol. The Labute approximate surface area is 118 Å². The molecule has 0 spiro atoms. The molecule has 2 N–H and O–H groups in total. The average molecular weight is 276 g/mol. The van der Waals surface area contributed by atoms with Crippen molar-refractivity contribution in [3.63, 3.8) is 0 Å². The molecular weight excluding hydrogens is 256 g/mol. The van der Waals surface area contributed by atoms with E-state index in [1.54, 1.807) is 18.4 Å². The first-order valence-electron chi connectivity index (χ1n) is 6.47. The van der Waals surface area contributed by atoms with Gasteiger partial charge in [0.25, 0.3) is 0 Å². The Kier molecular flexibility index (Phi) is 5.07. The maximum atomic E-state index is 5.79. The zero-order valence-electron chi connectivity index (χ0n) is 11.4. The van der Waals surface area contributed by atoms with Crippen LogP contribution in [0.1, 0.15) is 17.5 Å². The molecule has 0 aliphatic heterocycles. The number of hydrogen-bond donors (Lipinski definition) is 1. The lowest BCUT2D eigenvalue weighted by atomic mass is 10.1. The predicted molar refractivity (Wildman–Crippen MR) is 80.5 cm³/mol. The number of thiazole rings is 1. The van der Waals surface area contributed by atoms with Crippen LogP contribution in [0, 0.1) is 0 Å². The Morgan fingerprint density at radius 1 is 1.32 bits per heavy atom. The number of aromatic nitrogens is 1. The third-order valence-electron chi connectivity index (χ3n) is 2.89. The van der Waals surface area contributed by atoms with Crippen LogP contribution in [0.4, 0.5) is 0 Å². The van der Waals surface area contributed by atoms with Gasteiger partial charge in [0.15, 0.2) is 0 Å². The average Bonchev–Trinajstić information content (AvgIpc) is 2.84. The molecule has 19 heavy (non-hydrogen) atoms. The van der Waals surface area contributed by atoms with E-state index in [0.29, 0.717) is 0 Å². The number of nitrogens with two attached hydrogens (primary N) is 1. The van der Waals surface area contributed by atoms with E-state index in [2.05, 4.69) is 34.6 Å². The van der Waals surface area contributed by atoms with Crippen LogP contribution in [-0.4, -0.2) is 24.7 Å². The highest BCUT2D eigenvalue weighted by molar-refractivity contribution is 7.09. The van der Waals surface area contributed by atoms with Crippen molar-refractivity contribution < 1.29 is 4.74 Å². The molecule has 1 aromatic heterocycles. The Bertz CT molecular complexity index is 505. The normalized spacial score (nSPS) is 12.6. The fourth-order valence-electron chi connectivity index (χ4n) is 1.87. The van der Waals surface area contributed by atoms with Gasteiger partial charge in [-0.2, -0.15) is 0 Å². The number of ether oxygens (including phenoxy) is 1. The van der Waals surface area contributed by atoms with Crippen molar-refractivity contribution in [1.29, 1.82) is 0 Å². The number of rotatable bonds is 6. The molecule has 0 saturated carbocycles. The minimum Gasteiger partial charge on any atom is -0.384 e. The first kappa shape index (κ1) is 14.2. The van der Waals surface area contributed by atoms with Crippen LogP contribution in [0.25, 0.3) is 11.3 Å². The first-order valence-corrected chi connectivity index (χ1v) is 7.35. The van der Waals surface area contributed by atoms with Crippen molar-refractivity contribution in [1.82, 2.24) is 4.98 Å². The van der Waals surface area contributed by atoms with E-state index in [1.165, 1.54) is 5.56 Å². The van der Waals surface area contributed by atoms with Crippen molar-refractivity contribution in [2.24, 2.45) is 5.73 Å². The smallest absolute Gasteiger partial charge is 0.0947 e. The van der Waals surface area contributed by atoms with Crippen molar-refractivity contribution >= 4 is 11.3 Å². The highest BCUT2D eigenvalue weighted by atomic mass is 32.1. The molecule has 0 amide bonds. The molecule has 102 valence electrons. The lowest BCUT2D eigenvalue weighted by Gasteiger charge is -2.02. The lowest BCUT2D eigenvalue weighted by molar-refractivity contribution is 0.202. The van der Waals surface area contributed by atoms with Gasteiger partial charge in [-0.3, -0.25) is 0 Å². The quantitative estimate of drug-likeness (QED) is 0.882. The second-order valence-electron chi connectivity index (χ2n) is 4.75. The molecule has 3 nitrogen and oxygen atoms in total. The molecule has 4 heteroatoms. The molecule has 2 rings (SSSR count). The van der Waals surface area contributed by atoms with E-state index >= 15 is 0 Å². The van der Waals surface area contributed by atoms with E-state index in [4.69, 9.17) is 10.5 Å². The van der Waals surface area contributed by atoms with Crippen LogP contribution >= 0.6 is 11.3 Å². The molecule has 2 aromatic rings. The highest BCUT2D eigenvalue weighted by Gasteiger charge is 2.06. The van der Waals surface area contributed by atoms with Crippen LogP contribution in [0.15, 0.2) is 29.6 Å². The summed E-state index contributed by atoms with van der Waals surface area (Å²) in [6, 6.07) is 8.68. The number of nitrogens with zero attached hydrogens (tertiary/aromatic N) is 1. The van der Waals surface area contributed by atoms with Gasteiger partial charge >= 0.3 is 0 Å². The van der Waals surface area contributed by atoms with Gasteiger partial charge in [-0.05, 0) is 18.9 Å². The van der Waals surface area contributed by atoms with Gasteiger partial charge in [0.1, 0.15) is 0 Å². The van der Waals surface area contributed by atoms with E-state index in [-0.39, 0.29) is 6.04 Å². The number of benzene rings is 1. The van der Waals surface area contributed by atoms with Crippen molar-refractivity contribution in [2.75, 3.05) is 13.7 Å². The van der Waals surface area contributed by atoms with Crippen LogP contribution < -0.4 is 5.73 Å². The fraction of sp³-hybridized carbons (Fsp3) is 0.400. The summed E-state index contributed by atoms with van der Waals surface area (Å²) >= 11 is 1.68. The summed E-state index contributed by atoms with van der Waals surface area (Å²) in [6.45, 7) is 2.76. The Morgan fingerprint density at radius 3 is 2.68 bits per heavy atom. The second-order valence-corrected chi connectivity index (χ2v) is 5.69. The zero-order valence-corrected chi connectivity index (χ0v) is 12.2. The van der Waals surface area contributed by atoms with Crippen LogP contribution in [0.3, 0.4) is 0 Å². The van der Waals surface area contributed by atoms with E-state index < -0.39 is 0 Å². The summed E-state index contributed by atoms with van der Waals surface area (Å²) < 4.78 is 5.08. The summed E-state index contributed by atoms with van der Waals surface area (Å²) in [6.07, 6.45) is 1.79. The van der Waals surface area contributed by atoms with E-state index in [0.717, 1.165) is 35.7 Å². The van der Waals surface area contributed by atoms with Crippen molar-refractivity contribution in [2.45, 2.75) is 25.8 Å².